The maximum absolute atomic E-state index is 13.6. The van der Waals surface area contributed by atoms with E-state index in [0.717, 1.165) is 59.8 Å². The third kappa shape index (κ3) is 6.50. The molecule has 1 unspecified atom stereocenters. The summed E-state index contributed by atoms with van der Waals surface area (Å²) in [6, 6.07) is 13.7. The zero-order valence-electron chi connectivity index (χ0n) is 23.3. The molecule has 1 saturated heterocycles. The summed E-state index contributed by atoms with van der Waals surface area (Å²) in [7, 11) is 1.70. The van der Waals surface area contributed by atoms with Crippen molar-refractivity contribution in [1.29, 1.82) is 0 Å². The molecule has 0 bridgehead atoms. The highest BCUT2D eigenvalue weighted by atomic mass is 19.1. The Kier molecular flexibility index (Phi) is 9.07. The van der Waals surface area contributed by atoms with E-state index in [1.54, 1.807) is 31.4 Å². The molecule has 2 heterocycles. The van der Waals surface area contributed by atoms with E-state index in [2.05, 4.69) is 12.2 Å². The second-order valence-corrected chi connectivity index (χ2v) is 10.2. The normalized spacial score (nSPS) is 17.1. The van der Waals surface area contributed by atoms with Crippen LogP contribution in [-0.4, -0.2) is 36.8 Å². The quantitative estimate of drug-likeness (QED) is 0.351. The highest BCUT2D eigenvalue weighted by Crippen LogP contribution is 2.41. The number of ether oxygens (including phenoxy) is 2. The van der Waals surface area contributed by atoms with E-state index in [0.29, 0.717) is 26.2 Å². The molecule has 1 amide bonds. The number of rotatable bonds is 12. The van der Waals surface area contributed by atoms with E-state index in [1.165, 1.54) is 22.8 Å². The second-order valence-electron chi connectivity index (χ2n) is 10.2. The molecule has 1 fully saturated rings. The number of nitrogens with zero attached hydrogens (tertiary/aromatic N) is 2. The molecule has 0 spiro atoms. The van der Waals surface area contributed by atoms with Crippen molar-refractivity contribution in [2.45, 2.75) is 46.6 Å². The van der Waals surface area contributed by atoms with Gasteiger partial charge in [0.1, 0.15) is 23.9 Å². The first-order valence-electron chi connectivity index (χ1n) is 13.8. The molecule has 1 aromatic heterocycles. The molecule has 8 heteroatoms. The van der Waals surface area contributed by atoms with Gasteiger partial charge in [-0.3, -0.25) is 9.59 Å². The standard InChI is InChI=1S/C31H38FN3O4/c1-5-31(18-29(37)35(21-31)25-12-13-28(36)34(4)20-25)14-15-33-19-22-16-26(38-6-2)30(27(17-22)39-7-3)23-8-10-24(32)11-9-23/h8-13,16-17,20,33H,5-7,14-15,18-19,21H2,1-4H3/p+1. The lowest BCUT2D eigenvalue weighted by atomic mass is 9.81. The van der Waals surface area contributed by atoms with E-state index >= 15 is 0 Å². The molecule has 208 valence electrons. The van der Waals surface area contributed by atoms with Crippen molar-refractivity contribution in [2.75, 3.05) is 31.2 Å². The lowest BCUT2D eigenvalue weighted by Crippen LogP contribution is -2.83. The van der Waals surface area contributed by atoms with Crippen LogP contribution in [0.5, 0.6) is 11.5 Å². The van der Waals surface area contributed by atoms with E-state index in [9.17, 15) is 14.0 Å². The smallest absolute Gasteiger partial charge is 0.250 e. The number of nitrogens with two attached hydrogens (primary N) is 1. The number of hydrogen-bond acceptors (Lipinski definition) is 4. The number of anilines is 1. The van der Waals surface area contributed by atoms with Gasteiger partial charge in [0.15, 0.2) is 0 Å². The van der Waals surface area contributed by atoms with Crippen LogP contribution in [0.3, 0.4) is 0 Å². The van der Waals surface area contributed by atoms with E-state index < -0.39 is 0 Å². The van der Waals surface area contributed by atoms with Crippen molar-refractivity contribution in [2.24, 2.45) is 12.5 Å². The van der Waals surface area contributed by atoms with Gasteiger partial charge in [-0.25, -0.2) is 4.39 Å². The van der Waals surface area contributed by atoms with Gasteiger partial charge in [0, 0.05) is 49.7 Å². The van der Waals surface area contributed by atoms with Gasteiger partial charge in [-0.2, -0.15) is 0 Å². The average molecular weight is 537 g/mol. The van der Waals surface area contributed by atoms with Crippen LogP contribution in [0.25, 0.3) is 11.1 Å². The van der Waals surface area contributed by atoms with Gasteiger partial charge >= 0.3 is 0 Å². The zero-order valence-corrected chi connectivity index (χ0v) is 23.3. The van der Waals surface area contributed by atoms with Crippen molar-refractivity contribution in [3.63, 3.8) is 0 Å². The summed E-state index contributed by atoms with van der Waals surface area (Å²) in [4.78, 5) is 26.6. The summed E-state index contributed by atoms with van der Waals surface area (Å²) < 4.78 is 27.1. The molecule has 2 aromatic carbocycles. The van der Waals surface area contributed by atoms with Crippen molar-refractivity contribution in [3.05, 3.63) is 76.5 Å². The van der Waals surface area contributed by atoms with Crippen molar-refractivity contribution in [1.82, 2.24) is 4.57 Å². The monoisotopic (exact) mass is 536 g/mol. The lowest BCUT2D eigenvalue weighted by Gasteiger charge is -2.27. The molecule has 1 aliphatic heterocycles. The second kappa shape index (κ2) is 12.5. The highest BCUT2D eigenvalue weighted by Gasteiger charge is 2.42. The predicted octanol–water partition coefficient (Wildman–Crippen LogP) is 4.28. The molecule has 3 aromatic rings. The zero-order chi connectivity index (χ0) is 28.0. The van der Waals surface area contributed by atoms with Crippen LogP contribution < -0.4 is 25.2 Å². The van der Waals surface area contributed by atoms with E-state index in [1.807, 2.05) is 30.9 Å². The summed E-state index contributed by atoms with van der Waals surface area (Å²) >= 11 is 0. The minimum Gasteiger partial charge on any atom is -0.493 e. The molecule has 7 nitrogen and oxygen atoms in total. The van der Waals surface area contributed by atoms with Gasteiger partial charge in [-0.1, -0.05) is 19.1 Å². The largest absolute Gasteiger partial charge is 0.493 e. The van der Waals surface area contributed by atoms with Gasteiger partial charge in [-0.15, -0.1) is 0 Å². The molecule has 0 aliphatic carbocycles. The van der Waals surface area contributed by atoms with Crippen LogP contribution >= 0.6 is 0 Å². The summed E-state index contributed by atoms with van der Waals surface area (Å²) in [6.07, 6.45) is 4.06. The van der Waals surface area contributed by atoms with E-state index in [-0.39, 0.29) is 22.7 Å². The predicted molar refractivity (Wildman–Crippen MR) is 151 cm³/mol. The number of pyridine rings is 1. The molecule has 0 radical (unpaired) electrons. The van der Waals surface area contributed by atoms with Gasteiger partial charge in [0.05, 0.1) is 31.0 Å². The van der Waals surface area contributed by atoms with E-state index in [4.69, 9.17) is 9.47 Å². The van der Waals surface area contributed by atoms with Crippen molar-refractivity contribution >= 4 is 11.6 Å². The van der Waals surface area contributed by atoms with Crippen LogP contribution in [0.1, 0.15) is 45.6 Å². The number of carbonyl (C=O) groups excluding carboxylic acids is 1. The number of carbonyl (C=O) groups is 1. The number of halogens is 1. The Bertz CT molecular complexity index is 1330. The van der Waals surface area contributed by atoms with Gasteiger partial charge < -0.3 is 24.3 Å². The van der Waals surface area contributed by atoms with Crippen LogP contribution in [0, 0.1) is 11.2 Å². The number of aromatic nitrogens is 1. The third-order valence-electron chi connectivity index (χ3n) is 7.57. The molecular weight excluding hydrogens is 497 g/mol. The first-order valence-corrected chi connectivity index (χ1v) is 13.8. The van der Waals surface area contributed by atoms with Crippen LogP contribution in [0.15, 0.2) is 59.5 Å². The van der Waals surface area contributed by atoms with Gasteiger partial charge in [0.2, 0.25) is 11.5 Å². The Morgan fingerprint density at radius 3 is 2.23 bits per heavy atom. The Morgan fingerprint density at radius 2 is 1.64 bits per heavy atom. The number of quaternary nitrogens is 1. The minimum atomic E-state index is -0.285. The average Bonchev–Trinajstić information content (AvgIpc) is 3.26. The molecular formula is C31H39FN3O4+. The van der Waals surface area contributed by atoms with Crippen LogP contribution in [-0.2, 0) is 18.4 Å². The van der Waals surface area contributed by atoms with Gasteiger partial charge in [0.25, 0.3) is 0 Å². The molecule has 1 aliphatic rings. The SMILES string of the molecule is CCOc1cc(C[NH2+]CCC2(CC)CC(=O)N(c3ccc(=O)n(C)c3)C2)cc(OCC)c1-c1ccc(F)cc1. The Balaban J connectivity index is 1.46. The molecule has 39 heavy (non-hydrogen) atoms. The molecule has 2 N–H and O–H groups in total. The van der Waals surface area contributed by atoms with Crippen LogP contribution in [0.2, 0.25) is 0 Å². The first-order chi connectivity index (χ1) is 18.8. The maximum Gasteiger partial charge on any atom is 0.250 e. The summed E-state index contributed by atoms with van der Waals surface area (Å²) in [5, 5.41) is 2.26. The molecule has 0 saturated carbocycles. The number of hydrogen-bond donors (Lipinski definition) is 1. The number of amides is 1. The third-order valence-corrected chi connectivity index (χ3v) is 7.57. The first kappa shape index (κ1) is 28.4. The van der Waals surface area contributed by atoms with Crippen molar-refractivity contribution in [3.8, 4) is 22.6 Å². The minimum absolute atomic E-state index is 0.0903. The fraction of sp³-hybridized carbons (Fsp3) is 0.419. The Labute approximate surface area is 229 Å². The van der Waals surface area contributed by atoms with Crippen LogP contribution in [0.4, 0.5) is 10.1 Å². The topological polar surface area (TPSA) is 77.4 Å². The fourth-order valence-corrected chi connectivity index (χ4v) is 5.33. The van der Waals surface area contributed by atoms with Crippen molar-refractivity contribution < 1.29 is 24.0 Å². The Morgan fingerprint density at radius 1 is 0.974 bits per heavy atom. The maximum atomic E-state index is 13.6. The molecule has 4 rings (SSSR count). The lowest BCUT2D eigenvalue weighted by molar-refractivity contribution is -0.672. The highest BCUT2D eigenvalue weighted by molar-refractivity contribution is 5.96. The fourth-order valence-electron chi connectivity index (χ4n) is 5.33. The number of aryl methyl sites for hydroxylation is 1. The summed E-state index contributed by atoms with van der Waals surface area (Å²) in [6.45, 7) is 9.31. The molecule has 1 atom stereocenters. The summed E-state index contributed by atoms with van der Waals surface area (Å²) in [5.41, 5.74) is 3.34. The van der Waals surface area contributed by atoms with Gasteiger partial charge in [-0.05, 0) is 56.2 Å². The Hall–Kier alpha value is -3.65. The summed E-state index contributed by atoms with van der Waals surface area (Å²) in [5.74, 6) is 1.26. The number of benzene rings is 2.